The summed E-state index contributed by atoms with van der Waals surface area (Å²) in [5.41, 5.74) is 16.1. The standard InChI is InChI=1S/C11H17N5O3S/c1-3-20(17,18)7-4-5-9(19-2)8(6-7)15-11(14)16-10(12)13/h4-6H,3H2,1-2H3,(H6,12,13,14,15,16). The molecule has 0 aliphatic rings. The van der Waals surface area contributed by atoms with Gasteiger partial charge in [-0.2, -0.15) is 4.99 Å². The minimum atomic E-state index is -3.36. The van der Waals surface area contributed by atoms with Crippen molar-refractivity contribution >= 4 is 27.4 Å². The van der Waals surface area contributed by atoms with Gasteiger partial charge in [0.05, 0.1) is 17.8 Å². The van der Waals surface area contributed by atoms with Crippen molar-refractivity contribution in [3.63, 3.8) is 0 Å². The molecule has 1 aromatic carbocycles. The van der Waals surface area contributed by atoms with Crippen molar-refractivity contribution in [3.8, 4) is 5.75 Å². The summed E-state index contributed by atoms with van der Waals surface area (Å²) in [6, 6.07) is 4.28. The molecule has 0 aromatic heterocycles. The number of hydrogen-bond acceptors (Lipinski definition) is 4. The summed E-state index contributed by atoms with van der Waals surface area (Å²) < 4.78 is 28.7. The smallest absolute Gasteiger partial charge is 0.223 e. The molecular weight excluding hydrogens is 282 g/mol. The topological polar surface area (TPSA) is 146 Å². The Morgan fingerprint density at radius 3 is 2.45 bits per heavy atom. The fourth-order valence-electron chi connectivity index (χ4n) is 1.40. The monoisotopic (exact) mass is 299 g/mol. The predicted molar refractivity (Wildman–Crippen MR) is 77.8 cm³/mol. The average Bonchev–Trinajstić information content (AvgIpc) is 2.37. The van der Waals surface area contributed by atoms with Crippen molar-refractivity contribution < 1.29 is 13.2 Å². The number of aliphatic imine (C=N–C) groups is 2. The van der Waals surface area contributed by atoms with E-state index in [4.69, 9.17) is 21.9 Å². The summed E-state index contributed by atoms with van der Waals surface area (Å²) in [6.07, 6.45) is 0. The number of nitrogens with two attached hydrogens (primary N) is 3. The van der Waals surface area contributed by atoms with Crippen LogP contribution in [-0.2, 0) is 9.84 Å². The van der Waals surface area contributed by atoms with Gasteiger partial charge in [0.15, 0.2) is 15.8 Å². The zero-order valence-electron chi connectivity index (χ0n) is 11.2. The van der Waals surface area contributed by atoms with E-state index in [2.05, 4.69) is 9.98 Å². The van der Waals surface area contributed by atoms with Crippen LogP contribution in [0.25, 0.3) is 0 Å². The van der Waals surface area contributed by atoms with E-state index in [1.54, 1.807) is 6.92 Å². The van der Waals surface area contributed by atoms with Crippen LogP contribution in [0.4, 0.5) is 5.69 Å². The fraction of sp³-hybridized carbons (Fsp3) is 0.273. The molecule has 0 aliphatic carbocycles. The molecule has 1 rings (SSSR count). The minimum absolute atomic E-state index is 0.0220. The normalized spacial score (nSPS) is 12.0. The maximum Gasteiger partial charge on any atom is 0.223 e. The van der Waals surface area contributed by atoms with Crippen LogP contribution >= 0.6 is 0 Å². The number of methoxy groups -OCH3 is 1. The zero-order valence-corrected chi connectivity index (χ0v) is 12.0. The Morgan fingerprint density at radius 2 is 1.95 bits per heavy atom. The van der Waals surface area contributed by atoms with E-state index >= 15 is 0 Å². The SMILES string of the molecule is CCS(=O)(=O)c1ccc(OC)c(N=C(N)N=C(N)N)c1. The van der Waals surface area contributed by atoms with E-state index in [0.717, 1.165) is 0 Å². The molecule has 0 spiro atoms. The van der Waals surface area contributed by atoms with Gasteiger partial charge in [-0.05, 0) is 18.2 Å². The fourth-order valence-corrected chi connectivity index (χ4v) is 2.30. The zero-order chi connectivity index (χ0) is 15.3. The number of guanidine groups is 2. The maximum atomic E-state index is 11.8. The van der Waals surface area contributed by atoms with E-state index < -0.39 is 9.84 Å². The second-order valence-electron chi connectivity index (χ2n) is 3.74. The van der Waals surface area contributed by atoms with Gasteiger partial charge in [0.1, 0.15) is 11.4 Å². The lowest BCUT2D eigenvalue weighted by Gasteiger charge is -2.07. The van der Waals surface area contributed by atoms with Gasteiger partial charge in [-0.25, -0.2) is 13.4 Å². The highest BCUT2D eigenvalue weighted by atomic mass is 32.2. The van der Waals surface area contributed by atoms with Crippen LogP contribution in [0.2, 0.25) is 0 Å². The Hall–Kier alpha value is -2.29. The number of ether oxygens (including phenoxy) is 1. The van der Waals surface area contributed by atoms with Crippen LogP contribution in [-0.4, -0.2) is 33.2 Å². The highest BCUT2D eigenvalue weighted by molar-refractivity contribution is 7.91. The van der Waals surface area contributed by atoms with Crippen LogP contribution in [0, 0.1) is 0 Å². The number of sulfone groups is 1. The van der Waals surface area contributed by atoms with E-state index in [0.29, 0.717) is 5.75 Å². The van der Waals surface area contributed by atoms with Crippen molar-refractivity contribution in [2.24, 2.45) is 27.2 Å². The van der Waals surface area contributed by atoms with Crippen LogP contribution in [0.3, 0.4) is 0 Å². The Bertz CT molecular complexity index is 648. The van der Waals surface area contributed by atoms with Crippen LogP contribution < -0.4 is 21.9 Å². The Kier molecular flexibility index (Phi) is 4.92. The molecule has 0 unspecified atom stereocenters. The van der Waals surface area contributed by atoms with Gasteiger partial charge >= 0.3 is 0 Å². The molecule has 8 nitrogen and oxygen atoms in total. The summed E-state index contributed by atoms with van der Waals surface area (Å²) in [4.78, 5) is 7.61. The number of nitrogens with zero attached hydrogens (tertiary/aromatic N) is 2. The molecule has 0 aliphatic heterocycles. The molecule has 110 valence electrons. The molecule has 0 saturated carbocycles. The molecule has 0 bridgehead atoms. The predicted octanol–water partition coefficient (Wildman–Crippen LogP) is -0.292. The van der Waals surface area contributed by atoms with Gasteiger partial charge in [-0.1, -0.05) is 6.92 Å². The van der Waals surface area contributed by atoms with Gasteiger partial charge in [0.25, 0.3) is 0 Å². The summed E-state index contributed by atoms with van der Waals surface area (Å²) in [5.74, 6) is -0.114. The summed E-state index contributed by atoms with van der Waals surface area (Å²) in [5, 5.41) is 0. The molecule has 0 fully saturated rings. The van der Waals surface area contributed by atoms with Gasteiger partial charge in [0.2, 0.25) is 5.96 Å². The summed E-state index contributed by atoms with van der Waals surface area (Å²) in [7, 11) is -1.93. The third-order valence-corrected chi connectivity index (χ3v) is 4.10. The third kappa shape index (κ3) is 3.85. The quantitative estimate of drug-likeness (QED) is 0.514. The summed E-state index contributed by atoms with van der Waals surface area (Å²) >= 11 is 0. The van der Waals surface area contributed by atoms with Crippen molar-refractivity contribution in [3.05, 3.63) is 18.2 Å². The van der Waals surface area contributed by atoms with Gasteiger partial charge in [-0.3, -0.25) is 0 Å². The molecule has 6 N–H and O–H groups in total. The maximum absolute atomic E-state index is 11.8. The second kappa shape index (κ2) is 6.24. The van der Waals surface area contributed by atoms with Gasteiger partial charge in [-0.15, -0.1) is 0 Å². The van der Waals surface area contributed by atoms with Crippen molar-refractivity contribution in [2.45, 2.75) is 11.8 Å². The Labute approximate surface area is 117 Å². The minimum Gasteiger partial charge on any atom is -0.494 e. The summed E-state index contributed by atoms with van der Waals surface area (Å²) in [6.45, 7) is 1.55. The molecule has 0 amide bonds. The third-order valence-electron chi connectivity index (χ3n) is 2.37. The first-order chi connectivity index (χ1) is 9.30. The lowest BCUT2D eigenvalue weighted by molar-refractivity contribution is 0.416. The Balaban J connectivity index is 3.37. The molecule has 20 heavy (non-hydrogen) atoms. The molecule has 9 heteroatoms. The van der Waals surface area contributed by atoms with Crippen LogP contribution in [0.5, 0.6) is 5.75 Å². The first kappa shape index (κ1) is 15.8. The average molecular weight is 299 g/mol. The van der Waals surface area contributed by atoms with Crippen molar-refractivity contribution in [1.29, 1.82) is 0 Å². The van der Waals surface area contributed by atoms with Crippen molar-refractivity contribution in [1.82, 2.24) is 0 Å². The first-order valence-electron chi connectivity index (χ1n) is 5.64. The van der Waals surface area contributed by atoms with Crippen LogP contribution in [0.15, 0.2) is 33.1 Å². The van der Waals surface area contributed by atoms with E-state index in [-0.39, 0.29) is 28.3 Å². The number of hydrogen-bond donors (Lipinski definition) is 3. The number of rotatable bonds is 4. The molecule has 1 aromatic rings. The molecule has 0 heterocycles. The number of benzene rings is 1. The van der Waals surface area contributed by atoms with Crippen molar-refractivity contribution in [2.75, 3.05) is 12.9 Å². The lowest BCUT2D eigenvalue weighted by Crippen LogP contribution is -2.26. The van der Waals surface area contributed by atoms with Crippen LogP contribution in [0.1, 0.15) is 6.92 Å². The molecule has 0 atom stereocenters. The second-order valence-corrected chi connectivity index (χ2v) is 6.02. The van der Waals surface area contributed by atoms with E-state index in [9.17, 15) is 8.42 Å². The molecule has 0 saturated heterocycles. The highest BCUT2D eigenvalue weighted by Gasteiger charge is 2.14. The first-order valence-corrected chi connectivity index (χ1v) is 7.30. The van der Waals surface area contributed by atoms with E-state index in [1.165, 1.54) is 25.3 Å². The molecule has 0 radical (unpaired) electrons. The van der Waals surface area contributed by atoms with E-state index in [1.807, 2.05) is 0 Å². The van der Waals surface area contributed by atoms with Gasteiger partial charge < -0.3 is 21.9 Å². The molecular formula is C11H17N5O3S. The largest absolute Gasteiger partial charge is 0.494 e. The Morgan fingerprint density at radius 1 is 1.30 bits per heavy atom. The highest BCUT2D eigenvalue weighted by Crippen LogP contribution is 2.30. The lowest BCUT2D eigenvalue weighted by atomic mass is 10.3. The van der Waals surface area contributed by atoms with Gasteiger partial charge in [0, 0.05) is 0 Å².